The summed E-state index contributed by atoms with van der Waals surface area (Å²) in [5, 5.41) is 7.91. The molecule has 1 aliphatic carbocycles. The number of H-pyrrole nitrogens is 1. The van der Waals surface area contributed by atoms with Crippen molar-refractivity contribution in [3.8, 4) is 22.9 Å². The number of fused-ring (bicyclic) bond motifs is 2. The lowest BCUT2D eigenvalue weighted by molar-refractivity contribution is -0.0497. The van der Waals surface area contributed by atoms with Gasteiger partial charge in [0.05, 0.1) is 11.7 Å². The summed E-state index contributed by atoms with van der Waals surface area (Å²) in [4.78, 5) is 24.3. The van der Waals surface area contributed by atoms with Crippen LogP contribution in [0.3, 0.4) is 0 Å². The Balaban J connectivity index is 1.43. The molecule has 1 saturated carbocycles. The van der Waals surface area contributed by atoms with Gasteiger partial charge < -0.3 is 25.5 Å². The van der Waals surface area contributed by atoms with Crippen LogP contribution in [-0.2, 0) is 7.05 Å². The number of benzene rings is 1. The van der Waals surface area contributed by atoms with Crippen LogP contribution < -0.4 is 20.5 Å². The van der Waals surface area contributed by atoms with Gasteiger partial charge in [-0.3, -0.25) is 4.68 Å². The second-order valence-corrected chi connectivity index (χ2v) is 8.28. The fraction of sp³-hybridized carbons (Fsp3) is 0.364. The minimum absolute atomic E-state index is 0.0109. The topological polar surface area (TPSA) is 133 Å². The first-order valence-electron chi connectivity index (χ1n) is 10.9. The number of halogens is 2. The highest BCUT2D eigenvalue weighted by atomic mass is 19.3. The Labute approximate surface area is 192 Å². The number of rotatable bonds is 5. The Morgan fingerprint density at radius 3 is 2.85 bits per heavy atom. The molecule has 34 heavy (non-hydrogen) atoms. The van der Waals surface area contributed by atoms with Crippen LogP contribution in [0.25, 0.3) is 33.5 Å². The Bertz CT molecular complexity index is 1350. The van der Waals surface area contributed by atoms with E-state index in [0.29, 0.717) is 33.5 Å². The number of aromatic nitrogens is 5. The molecule has 0 atom stereocenters. The zero-order chi connectivity index (χ0) is 23.8. The van der Waals surface area contributed by atoms with Gasteiger partial charge in [0.25, 0.3) is 0 Å². The summed E-state index contributed by atoms with van der Waals surface area (Å²) in [6.45, 7) is -2.94. The highest BCUT2D eigenvalue weighted by Gasteiger charge is 2.22. The van der Waals surface area contributed by atoms with Crippen LogP contribution in [0.1, 0.15) is 25.7 Å². The summed E-state index contributed by atoms with van der Waals surface area (Å²) < 4.78 is 37.0. The molecule has 0 radical (unpaired) electrons. The number of aromatic amines is 1. The number of hydrogen-bond donors (Lipinski definition) is 3. The van der Waals surface area contributed by atoms with Crippen molar-refractivity contribution in [1.29, 1.82) is 0 Å². The van der Waals surface area contributed by atoms with Crippen molar-refractivity contribution in [2.75, 3.05) is 0 Å². The fourth-order valence-electron chi connectivity index (χ4n) is 4.23. The van der Waals surface area contributed by atoms with E-state index < -0.39 is 12.7 Å². The number of amides is 1. The molecular formula is C22H23F2N7O3. The van der Waals surface area contributed by atoms with Crippen LogP contribution in [0, 0.1) is 0 Å². The third kappa shape index (κ3) is 4.36. The van der Waals surface area contributed by atoms with Gasteiger partial charge in [-0.2, -0.15) is 13.9 Å². The molecule has 4 aromatic rings. The molecule has 0 spiro atoms. The van der Waals surface area contributed by atoms with Gasteiger partial charge in [0.15, 0.2) is 16.9 Å². The van der Waals surface area contributed by atoms with E-state index in [4.69, 9.17) is 10.5 Å². The van der Waals surface area contributed by atoms with E-state index in [1.54, 1.807) is 17.8 Å². The largest absolute Gasteiger partial charge is 0.435 e. The van der Waals surface area contributed by atoms with Crippen LogP contribution in [0.15, 0.2) is 30.6 Å². The van der Waals surface area contributed by atoms with Crippen LogP contribution >= 0.6 is 0 Å². The van der Waals surface area contributed by atoms with Crippen molar-refractivity contribution >= 4 is 28.2 Å². The second-order valence-electron chi connectivity index (χ2n) is 8.28. The molecule has 4 N–H and O–H groups in total. The van der Waals surface area contributed by atoms with E-state index in [1.807, 2.05) is 0 Å². The SMILES string of the molecule is Cn1nc(-c2cnc3[nH]cc(OC(=O)N[C@H]4CC[C@@H](N)CC4)c3n2)c2cc(OC(F)F)ccc21. The lowest BCUT2D eigenvalue weighted by Crippen LogP contribution is -2.41. The highest BCUT2D eigenvalue weighted by Crippen LogP contribution is 2.32. The van der Waals surface area contributed by atoms with E-state index in [0.717, 1.165) is 25.7 Å². The minimum Gasteiger partial charge on any atom is -0.435 e. The first kappa shape index (κ1) is 22.0. The summed E-state index contributed by atoms with van der Waals surface area (Å²) in [6.07, 6.45) is 5.76. The molecule has 1 aromatic carbocycles. The molecular weight excluding hydrogens is 448 g/mol. The zero-order valence-electron chi connectivity index (χ0n) is 18.3. The fourth-order valence-corrected chi connectivity index (χ4v) is 4.23. The van der Waals surface area contributed by atoms with Crippen molar-refractivity contribution in [3.63, 3.8) is 0 Å². The van der Waals surface area contributed by atoms with Crippen molar-refractivity contribution in [3.05, 3.63) is 30.6 Å². The number of nitrogens with zero attached hydrogens (tertiary/aromatic N) is 4. The first-order chi connectivity index (χ1) is 16.4. The van der Waals surface area contributed by atoms with Gasteiger partial charge in [-0.25, -0.2) is 14.8 Å². The maximum Gasteiger partial charge on any atom is 0.412 e. The number of carbonyl (C=O) groups is 1. The van der Waals surface area contributed by atoms with Gasteiger partial charge in [-0.05, 0) is 43.9 Å². The van der Waals surface area contributed by atoms with Crippen molar-refractivity contribution in [2.24, 2.45) is 12.8 Å². The molecule has 0 unspecified atom stereocenters. The molecule has 3 aromatic heterocycles. The summed E-state index contributed by atoms with van der Waals surface area (Å²) in [7, 11) is 1.73. The Morgan fingerprint density at radius 2 is 2.09 bits per heavy atom. The molecule has 0 saturated heterocycles. The van der Waals surface area contributed by atoms with Crippen LogP contribution in [-0.4, -0.2) is 49.5 Å². The molecule has 1 fully saturated rings. The number of alkyl halides is 2. The van der Waals surface area contributed by atoms with E-state index in [9.17, 15) is 13.6 Å². The summed E-state index contributed by atoms with van der Waals surface area (Å²) in [5.74, 6) is 0.230. The maximum absolute atomic E-state index is 12.7. The summed E-state index contributed by atoms with van der Waals surface area (Å²) in [5.41, 5.74) is 8.21. The molecule has 1 amide bonds. The van der Waals surface area contributed by atoms with E-state index in [-0.39, 0.29) is 23.6 Å². The van der Waals surface area contributed by atoms with Crippen LogP contribution in [0.4, 0.5) is 13.6 Å². The lowest BCUT2D eigenvalue weighted by atomic mass is 9.92. The van der Waals surface area contributed by atoms with Crippen molar-refractivity contribution in [2.45, 2.75) is 44.4 Å². The van der Waals surface area contributed by atoms with Crippen LogP contribution in [0.5, 0.6) is 11.5 Å². The molecule has 0 bridgehead atoms. The van der Waals surface area contributed by atoms with Gasteiger partial charge in [0.1, 0.15) is 17.1 Å². The quantitative estimate of drug-likeness (QED) is 0.406. The van der Waals surface area contributed by atoms with Gasteiger partial charge >= 0.3 is 12.7 Å². The van der Waals surface area contributed by atoms with Gasteiger partial charge in [-0.1, -0.05) is 0 Å². The van der Waals surface area contributed by atoms with Gasteiger partial charge in [0, 0.05) is 30.7 Å². The molecule has 5 rings (SSSR count). The molecule has 1 aliphatic rings. The smallest absolute Gasteiger partial charge is 0.412 e. The minimum atomic E-state index is -2.94. The number of nitrogens with two attached hydrogens (primary N) is 1. The lowest BCUT2D eigenvalue weighted by Gasteiger charge is -2.26. The van der Waals surface area contributed by atoms with E-state index in [2.05, 4.69) is 30.1 Å². The normalized spacial score (nSPS) is 18.5. The third-order valence-corrected chi connectivity index (χ3v) is 5.93. The standard InChI is InChI=1S/C22H23F2N7O3/c1-31-16-7-6-13(33-21(23)24)8-14(16)18(30-31)15-9-26-20-19(29-15)17(10-27-20)34-22(32)28-12-4-2-11(25)3-5-12/h6-12,21H,2-5,25H2,1H3,(H,26,27)(H,28,32)/t11-,12+. The molecule has 10 nitrogen and oxygen atoms in total. The predicted octanol–water partition coefficient (Wildman–Crippen LogP) is 3.47. The number of nitrogens with one attached hydrogen (secondary N) is 2. The average molecular weight is 471 g/mol. The highest BCUT2D eigenvalue weighted by molar-refractivity contribution is 5.94. The molecule has 3 heterocycles. The van der Waals surface area contributed by atoms with Crippen molar-refractivity contribution < 1.29 is 23.0 Å². The molecule has 12 heteroatoms. The maximum atomic E-state index is 12.7. The average Bonchev–Trinajstić information content (AvgIpc) is 3.35. The molecule has 0 aliphatic heterocycles. The molecule has 178 valence electrons. The monoisotopic (exact) mass is 471 g/mol. The van der Waals surface area contributed by atoms with Gasteiger partial charge in [0.2, 0.25) is 0 Å². The van der Waals surface area contributed by atoms with E-state index in [1.165, 1.54) is 24.5 Å². The number of aryl methyl sites for hydroxylation is 1. The predicted molar refractivity (Wildman–Crippen MR) is 120 cm³/mol. The summed E-state index contributed by atoms with van der Waals surface area (Å²) in [6, 6.07) is 4.77. The van der Waals surface area contributed by atoms with Crippen LogP contribution in [0.2, 0.25) is 0 Å². The zero-order valence-corrected chi connectivity index (χ0v) is 18.3. The van der Waals surface area contributed by atoms with Crippen molar-refractivity contribution in [1.82, 2.24) is 30.0 Å². The van der Waals surface area contributed by atoms with E-state index >= 15 is 0 Å². The number of ether oxygens (including phenoxy) is 2. The Hall–Kier alpha value is -3.80. The third-order valence-electron chi connectivity index (χ3n) is 5.93. The Kier molecular flexibility index (Phi) is 5.74. The first-order valence-corrected chi connectivity index (χ1v) is 10.9. The Morgan fingerprint density at radius 1 is 1.29 bits per heavy atom. The van der Waals surface area contributed by atoms with Gasteiger partial charge in [-0.15, -0.1) is 0 Å². The second kappa shape index (κ2) is 8.86. The summed E-state index contributed by atoms with van der Waals surface area (Å²) >= 11 is 0. The number of carbonyl (C=O) groups excluding carboxylic acids is 1. The number of hydrogen-bond acceptors (Lipinski definition) is 7.